The molecule has 2 aromatic rings. The Morgan fingerprint density at radius 1 is 1.33 bits per heavy atom. The van der Waals surface area contributed by atoms with E-state index in [-0.39, 0.29) is 17.6 Å². The van der Waals surface area contributed by atoms with Crippen LogP contribution in [0.15, 0.2) is 36.8 Å². The summed E-state index contributed by atoms with van der Waals surface area (Å²) in [5, 5.41) is 0. The summed E-state index contributed by atoms with van der Waals surface area (Å²) in [6.45, 7) is 7.94. The summed E-state index contributed by atoms with van der Waals surface area (Å²) < 4.78 is 21.6. The molecule has 2 aliphatic heterocycles. The van der Waals surface area contributed by atoms with Gasteiger partial charge in [-0.15, -0.1) is 0 Å². The number of aromatic nitrogens is 2. The van der Waals surface area contributed by atoms with Crippen LogP contribution in [0, 0.1) is 11.2 Å². The van der Waals surface area contributed by atoms with E-state index in [1.54, 1.807) is 13.2 Å². The number of hydrogen-bond donors (Lipinski definition) is 0. The van der Waals surface area contributed by atoms with E-state index < -0.39 is 5.41 Å². The van der Waals surface area contributed by atoms with E-state index in [0.717, 1.165) is 18.7 Å². The van der Waals surface area contributed by atoms with Crippen LogP contribution in [0.3, 0.4) is 0 Å². The Morgan fingerprint density at radius 3 is 2.83 bits per heavy atom. The largest absolute Gasteiger partial charge is 0.383 e. The standard InChI is InChI=1S/C23H31FN4O2/c1-17(2)28-14-21(25-16-28)19-13-26(12-18-6-4-5-7-20(18)24)15-23(19)8-9-27(22(23)29)10-11-30-3/h4-7,14,16-17,19H,8-13,15H2,1-3H3/t19-,23+/m0/s1. The SMILES string of the molecule is COCCN1CC[C@]2(CN(Cc3ccccc3F)C[C@H]2c2cn(C(C)C)cn2)C1=O. The summed E-state index contributed by atoms with van der Waals surface area (Å²) in [5.41, 5.74) is 1.12. The monoisotopic (exact) mass is 414 g/mol. The zero-order chi connectivity index (χ0) is 21.3. The van der Waals surface area contributed by atoms with Gasteiger partial charge in [0.2, 0.25) is 5.91 Å². The van der Waals surface area contributed by atoms with Gasteiger partial charge >= 0.3 is 0 Å². The molecule has 1 aromatic carbocycles. The molecule has 1 aromatic heterocycles. The Balaban J connectivity index is 1.63. The van der Waals surface area contributed by atoms with E-state index in [2.05, 4.69) is 34.5 Å². The minimum Gasteiger partial charge on any atom is -0.383 e. The van der Waals surface area contributed by atoms with Gasteiger partial charge < -0.3 is 14.2 Å². The highest BCUT2D eigenvalue weighted by Gasteiger charge is 2.57. The Hall–Kier alpha value is -2.25. The van der Waals surface area contributed by atoms with E-state index in [1.165, 1.54) is 6.07 Å². The smallest absolute Gasteiger partial charge is 0.230 e. The molecule has 30 heavy (non-hydrogen) atoms. The molecule has 7 heteroatoms. The molecule has 0 unspecified atom stereocenters. The molecule has 0 saturated carbocycles. The molecule has 2 atom stereocenters. The molecule has 1 amide bonds. The third kappa shape index (κ3) is 3.76. The first-order valence-electron chi connectivity index (χ1n) is 10.7. The van der Waals surface area contributed by atoms with Crippen molar-refractivity contribution in [2.45, 2.75) is 38.8 Å². The van der Waals surface area contributed by atoms with Crippen LogP contribution in [0.5, 0.6) is 0 Å². The van der Waals surface area contributed by atoms with Crippen LogP contribution in [-0.4, -0.2) is 65.2 Å². The van der Waals surface area contributed by atoms with E-state index in [4.69, 9.17) is 4.74 Å². The lowest BCUT2D eigenvalue weighted by molar-refractivity contribution is -0.136. The molecular formula is C23H31FN4O2. The van der Waals surface area contributed by atoms with Crippen LogP contribution in [0.1, 0.15) is 43.5 Å². The van der Waals surface area contributed by atoms with Gasteiger partial charge in [0.1, 0.15) is 5.82 Å². The van der Waals surface area contributed by atoms with Crippen molar-refractivity contribution in [3.63, 3.8) is 0 Å². The molecule has 0 bridgehead atoms. The highest BCUT2D eigenvalue weighted by atomic mass is 19.1. The van der Waals surface area contributed by atoms with Gasteiger partial charge in [0, 0.05) is 63.6 Å². The van der Waals surface area contributed by atoms with E-state index in [1.807, 2.05) is 23.4 Å². The summed E-state index contributed by atoms with van der Waals surface area (Å²) in [4.78, 5) is 22.4. The molecule has 0 radical (unpaired) electrons. The number of carbonyl (C=O) groups excluding carboxylic acids is 1. The van der Waals surface area contributed by atoms with Crippen molar-refractivity contribution >= 4 is 5.91 Å². The number of benzene rings is 1. The molecule has 1 spiro atoms. The van der Waals surface area contributed by atoms with Crippen LogP contribution in [0.2, 0.25) is 0 Å². The number of ether oxygens (including phenoxy) is 1. The van der Waals surface area contributed by atoms with Crippen molar-refractivity contribution < 1.29 is 13.9 Å². The fourth-order valence-electron chi connectivity index (χ4n) is 4.93. The molecular weight excluding hydrogens is 383 g/mol. The second-order valence-corrected chi connectivity index (χ2v) is 8.84. The van der Waals surface area contributed by atoms with Gasteiger partial charge in [-0.2, -0.15) is 0 Å². The number of rotatable bonds is 7. The molecule has 0 N–H and O–H groups in total. The van der Waals surface area contributed by atoms with Crippen molar-refractivity contribution in [1.29, 1.82) is 0 Å². The van der Waals surface area contributed by atoms with Crippen molar-refractivity contribution in [3.05, 3.63) is 53.9 Å². The number of halogens is 1. The topological polar surface area (TPSA) is 50.6 Å². The van der Waals surface area contributed by atoms with Crippen LogP contribution < -0.4 is 0 Å². The summed E-state index contributed by atoms with van der Waals surface area (Å²) in [6, 6.07) is 7.20. The molecule has 6 nitrogen and oxygen atoms in total. The van der Waals surface area contributed by atoms with Gasteiger partial charge in [-0.3, -0.25) is 9.69 Å². The number of carbonyl (C=O) groups is 1. The average molecular weight is 415 g/mol. The molecule has 2 aliphatic rings. The first-order valence-corrected chi connectivity index (χ1v) is 10.7. The average Bonchev–Trinajstić information content (AvgIpc) is 3.42. The fraction of sp³-hybridized carbons (Fsp3) is 0.565. The Morgan fingerprint density at radius 2 is 2.13 bits per heavy atom. The molecule has 2 saturated heterocycles. The van der Waals surface area contributed by atoms with Crippen molar-refractivity contribution in [1.82, 2.24) is 19.4 Å². The highest BCUT2D eigenvalue weighted by molar-refractivity contribution is 5.86. The third-order valence-electron chi connectivity index (χ3n) is 6.65. The molecule has 3 heterocycles. The first kappa shape index (κ1) is 21.0. The van der Waals surface area contributed by atoms with E-state index in [9.17, 15) is 9.18 Å². The number of amides is 1. The van der Waals surface area contributed by atoms with Gasteiger partial charge in [-0.1, -0.05) is 18.2 Å². The zero-order valence-corrected chi connectivity index (χ0v) is 18.1. The maximum Gasteiger partial charge on any atom is 0.230 e. The third-order valence-corrected chi connectivity index (χ3v) is 6.65. The quantitative estimate of drug-likeness (QED) is 0.699. The molecule has 4 rings (SSSR count). The van der Waals surface area contributed by atoms with Crippen LogP contribution in [0.25, 0.3) is 0 Å². The summed E-state index contributed by atoms with van der Waals surface area (Å²) >= 11 is 0. The Bertz CT molecular complexity index is 899. The summed E-state index contributed by atoms with van der Waals surface area (Å²) in [5.74, 6) is -0.0115. The zero-order valence-electron chi connectivity index (χ0n) is 18.1. The second kappa shape index (κ2) is 8.47. The number of methoxy groups -OCH3 is 1. The minimum atomic E-state index is -0.505. The van der Waals surface area contributed by atoms with Gasteiger partial charge in [0.15, 0.2) is 0 Å². The number of likely N-dealkylation sites (tertiary alicyclic amines) is 2. The first-order chi connectivity index (χ1) is 14.4. The van der Waals surface area contributed by atoms with Crippen molar-refractivity contribution in [2.24, 2.45) is 5.41 Å². The number of nitrogens with zero attached hydrogens (tertiary/aromatic N) is 4. The van der Waals surface area contributed by atoms with Gasteiger partial charge in [-0.25, -0.2) is 9.37 Å². The molecule has 162 valence electrons. The second-order valence-electron chi connectivity index (χ2n) is 8.84. The lowest BCUT2D eigenvalue weighted by atomic mass is 9.75. The minimum absolute atomic E-state index is 0.00400. The van der Waals surface area contributed by atoms with Crippen LogP contribution in [0.4, 0.5) is 4.39 Å². The fourth-order valence-corrected chi connectivity index (χ4v) is 4.93. The molecule has 2 fully saturated rings. The van der Waals surface area contributed by atoms with E-state index in [0.29, 0.717) is 44.4 Å². The van der Waals surface area contributed by atoms with Crippen molar-refractivity contribution in [2.75, 3.05) is 39.9 Å². The summed E-state index contributed by atoms with van der Waals surface area (Å²) in [6.07, 6.45) is 4.73. The van der Waals surface area contributed by atoms with Gasteiger partial charge in [0.05, 0.1) is 24.0 Å². The van der Waals surface area contributed by atoms with Crippen LogP contribution in [-0.2, 0) is 16.1 Å². The van der Waals surface area contributed by atoms with Gasteiger partial charge in [0.25, 0.3) is 0 Å². The number of imidazole rings is 1. The van der Waals surface area contributed by atoms with Gasteiger partial charge in [-0.05, 0) is 26.3 Å². The predicted octanol–water partition coefficient (Wildman–Crippen LogP) is 3.07. The lowest BCUT2D eigenvalue weighted by Crippen LogP contribution is -2.40. The summed E-state index contributed by atoms with van der Waals surface area (Å²) in [7, 11) is 1.66. The van der Waals surface area contributed by atoms with Crippen LogP contribution >= 0.6 is 0 Å². The lowest BCUT2D eigenvalue weighted by Gasteiger charge is -2.28. The van der Waals surface area contributed by atoms with E-state index >= 15 is 0 Å². The maximum atomic E-state index is 14.3. The molecule has 0 aliphatic carbocycles. The number of hydrogen-bond acceptors (Lipinski definition) is 4. The predicted molar refractivity (Wildman–Crippen MR) is 113 cm³/mol. The maximum absolute atomic E-state index is 14.3. The Kier molecular flexibility index (Phi) is 5.93. The highest BCUT2D eigenvalue weighted by Crippen LogP contribution is 2.49. The Labute approximate surface area is 177 Å². The van der Waals surface area contributed by atoms with Crippen molar-refractivity contribution in [3.8, 4) is 0 Å². The normalized spacial score (nSPS) is 24.6.